The highest BCUT2D eigenvalue weighted by molar-refractivity contribution is 5.94. The van der Waals surface area contributed by atoms with E-state index in [9.17, 15) is 14.4 Å². The summed E-state index contributed by atoms with van der Waals surface area (Å²) in [6.45, 7) is 5.14. The van der Waals surface area contributed by atoms with E-state index < -0.39 is 6.04 Å². The molecule has 5 rings (SSSR count). The zero-order valence-corrected chi connectivity index (χ0v) is 21.3. The van der Waals surface area contributed by atoms with Crippen LogP contribution in [0.5, 0.6) is 0 Å². The molecule has 3 heterocycles. The predicted molar refractivity (Wildman–Crippen MR) is 143 cm³/mol. The number of nitrogens with one attached hydrogen (secondary N) is 4. The Bertz CT molecular complexity index is 1290. The molecule has 1 atom stereocenters. The summed E-state index contributed by atoms with van der Waals surface area (Å²) in [6, 6.07) is 13.1. The largest absolute Gasteiger partial charge is 0.361 e. The summed E-state index contributed by atoms with van der Waals surface area (Å²) in [5.74, 6) is -0.257. The number of carbonyl (C=O) groups excluding carboxylic acids is 3. The molecule has 0 bridgehead atoms. The van der Waals surface area contributed by atoms with Gasteiger partial charge in [-0.05, 0) is 74.2 Å². The number of para-hydroxylation sites is 1. The molecule has 0 saturated carbocycles. The Morgan fingerprint density at radius 1 is 1.08 bits per heavy atom. The van der Waals surface area contributed by atoms with Crippen molar-refractivity contribution in [3.63, 3.8) is 0 Å². The summed E-state index contributed by atoms with van der Waals surface area (Å²) in [4.78, 5) is 44.4. The summed E-state index contributed by atoms with van der Waals surface area (Å²) in [7, 11) is 0. The highest BCUT2D eigenvalue weighted by Crippen LogP contribution is 2.24. The van der Waals surface area contributed by atoms with Crippen LogP contribution in [0.25, 0.3) is 10.9 Å². The van der Waals surface area contributed by atoms with E-state index in [1.807, 2.05) is 60.5 Å². The summed E-state index contributed by atoms with van der Waals surface area (Å²) in [6.07, 6.45) is 4.61. The second-order valence-electron chi connectivity index (χ2n) is 10.0. The van der Waals surface area contributed by atoms with Crippen LogP contribution in [-0.2, 0) is 29.0 Å². The minimum Gasteiger partial charge on any atom is -0.361 e. The van der Waals surface area contributed by atoms with Crippen LogP contribution in [0.15, 0.2) is 48.7 Å². The lowest BCUT2D eigenvalue weighted by Crippen LogP contribution is -2.52. The first-order valence-corrected chi connectivity index (χ1v) is 13.3. The van der Waals surface area contributed by atoms with E-state index in [2.05, 4.69) is 20.9 Å². The van der Waals surface area contributed by atoms with Crippen molar-refractivity contribution in [2.75, 3.05) is 26.2 Å². The highest BCUT2D eigenvalue weighted by Gasteiger charge is 2.32. The average molecular weight is 502 g/mol. The Labute approximate surface area is 217 Å². The molecule has 0 radical (unpaired) electrons. The fourth-order valence-electron chi connectivity index (χ4n) is 5.46. The van der Waals surface area contributed by atoms with Crippen LogP contribution in [0.4, 0.5) is 0 Å². The lowest BCUT2D eigenvalue weighted by Gasteiger charge is -2.33. The van der Waals surface area contributed by atoms with Crippen LogP contribution in [0, 0.1) is 5.92 Å². The number of piperidine rings is 1. The van der Waals surface area contributed by atoms with E-state index in [0.717, 1.165) is 53.5 Å². The molecule has 2 aromatic carbocycles. The summed E-state index contributed by atoms with van der Waals surface area (Å²) >= 11 is 0. The predicted octanol–water partition coefficient (Wildman–Crippen LogP) is 2.53. The van der Waals surface area contributed by atoms with Crippen LogP contribution in [0.3, 0.4) is 0 Å². The standard InChI is InChI=1S/C29H35N5O3/c1-2-31-27(35)21-7-8-22-18-34(14-11-20(22)15-21)29(37)26(33-28(36)19-9-12-30-13-10-19)16-23-17-32-25-6-4-3-5-24(23)25/h3-8,15,17,19,26,30,32H,2,9-14,16,18H2,1H3,(H,31,35)(H,33,36). The molecule has 1 unspecified atom stereocenters. The van der Waals surface area contributed by atoms with E-state index in [1.54, 1.807) is 0 Å². The van der Waals surface area contributed by atoms with Gasteiger partial charge >= 0.3 is 0 Å². The lowest BCUT2D eigenvalue weighted by molar-refractivity contribution is -0.138. The highest BCUT2D eigenvalue weighted by atomic mass is 16.2. The zero-order chi connectivity index (χ0) is 25.8. The van der Waals surface area contributed by atoms with Gasteiger partial charge in [-0.15, -0.1) is 0 Å². The number of aromatic amines is 1. The number of fused-ring (bicyclic) bond motifs is 2. The fraction of sp³-hybridized carbons (Fsp3) is 0.414. The van der Waals surface area contributed by atoms with Crippen molar-refractivity contribution in [2.45, 2.75) is 45.2 Å². The average Bonchev–Trinajstić information content (AvgIpc) is 3.35. The van der Waals surface area contributed by atoms with Crippen molar-refractivity contribution in [1.29, 1.82) is 0 Å². The molecular formula is C29H35N5O3. The fourth-order valence-corrected chi connectivity index (χ4v) is 5.46. The third-order valence-corrected chi connectivity index (χ3v) is 7.55. The maximum Gasteiger partial charge on any atom is 0.251 e. The molecule has 194 valence electrons. The second kappa shape index (κ2) is 11.2. The molecule has 4 N–H and O–H groups in total. The van der Waals surface area contributed by atoms with Gasteiger partial charge in [0.25, 0.3) is 5.91 Å². The number of amides is 3. The van der Waals surface area contributed by atoms with E-state index in [-0.39, 0.29) is 23.6 Å². The Morgan fingerprint density at radius 3 is 2.70 bits per heavy atom. The zero-order valence-electron chi connectivity index (χ0n) is 21.3. The normalized spacial score (nSPS) is 16.7. The number of hydrogen-bond acceptors (Lipinski definition) is 4. The molecule has 2 aliphatic heterocycles. The number of H-pyrrole nitrogens is 1. The first-order chi connectivity index (χ1) is 18.0. The number of nitrogens with zero attached hydrogens (tertiary/aromatic N) is 1. The first-order valence-electron chi connectivity index (χ1n) is 13.3. The molecular weight excluding hydrogens is 466 g/mol. The molecule has 2 aliphatic rings. The molecule has 3 aromatic rings. The van der Waals surface area contributed by atoms with Gasteiger partial charge in [0.2, 0.25) is 11.8 Å². The smallest absolute Gasteiger partial charge is 0.251 e. The van der Waals surface area contributed by atoms with Crippen molar-refractivity contribution < 1.29 is 14.4 Å². The lowest BCUT2D eigenvalue weighted by atomic mass is 9.94. The van der Waals surface area contributed by atoms with Crippen LogP contribution >= 0.6 is 0 Å². The molecule has 0 aliphatic carbocycles. The number of aromatic nitrogens is 1. The number of hydrogen-bond donors (Lipinski definition) is 4. The molecule has 3 amide bonds. The van der Waals surface area contributed by atoms with E-state index in [0.29, 0.717) is 38.0 Å². The van der Waals surface area contributed by atoms with Gasteiger partial charge in [0.05, 0.1) is 0 Å². The van der Waals surface area contributed by atoms with Gasteiger partial charge in [0.15, 0.2) is 0 Å². The Balaban J connectivity index is 1.35. The van der Waals surface area contributed by atoms with Crippen molar-refractivity contribution in [1.82, 2.24) is 25.8 Å². The molecule has 0 spiro atoms. The third kappa shape index (κ3) is 5.54. The topological polar surface area (TPSA) is 106 Å². The molecule has 1 aromatic heterocycles. The van der Waals surface area contributed by atoms with Crippen molar-refractivity contribution >= 4 is 28.6 Å². The maximum absolute atomic E-state index is 13.9. The summed E-state index contributed by atoms with van der Waals surface area (Å²) in [5, 5.41) is 10.3. The van der Waals surface area contributed by atoms with E-state index in [4.69, 9.17) is 0 Å². The van der Waals surface area contributed by atoms with Crippen molar-refractivity contribution in [2.24, 2.45) is 5.92 Å². The minimum absolute atomic E-state index is 0.0383. The number of rotatable bonds is 7. The molecule has 37 heavy (non-hydrogen) atoms. The van der Waals surface area contributed by atoms with Crippen molar-refractivity contribution in [3.05, 3.63) is 70.9 Å². The van der Waals surface area contributed by atoms with Crippen LogP contribution in [-0.4, -0.2) is 59.8 Å². The molecule has 1 fully saturated rings. The quantitative estimate of drug-likeness (QED) is 0.399. The maximum atomic E-state index is 13.9. The van der Waals surface area contributed by atoms with Gasteiger partial charge < -0.3 is 25.8 Å². The molecule has 8 nitrogen and oxygen atoms in total. The van der Waals surface area contributed by atoms with Crippen molar-refractivity contribution in [3.8, 4) is 0 Å². The number of benzene rings is 2. The SMILES string of the molecule is CCNC(=O)c1ccc2c(c1)CCN(C(=O)C(Cc1c[nH]c3ccccc13)NC(=O)C1CCNCC1)C2. The van der Waals surface area contributed by atoms with Gasteiger partial charge in [-0.1, -0.05) is 24.3 Å². The van der Waals surface area contributed by atoms with Gasteiger partial charge in [0, 0.05) is 54.6 Å². The minimum atomic E-state index is -0.641. The second-order valence-corrected chi connectivity index (χ2v) is 10.0. The van der Waals surface area contributed by atoms with Gasteiger partial charge in [0.1, 0.15) is 6.04 Å². The van der Waals surface area contributed by atoms with Crippen LogP contribution < -0.4 is 16.0 Å². The first kappa shape index (κ1) is 25.0. The Kier molecular flexibility index (Phi) is 7.55. The van der Waals surface area contributed by atoms with Gasteiger partial charge in [-0.2, -0.15) is 0 Å². The Morgan fingerprint density at radius 2 is 1.89 bits per heavy atom. The number of carbonyl (C=O) groups is 3. The van der Waals surface area contributed by atoms with Gasteiger partial charge in [-0.25, -0.2) is 0 Å². The Hall–Kier alpha value is -3.65. The molecule has 1 saturated heterocycles. The third-order valence-electron chi connectivity index (χ3n) is 7.55. The van der Waals surface area contributed by atoms with Crippen LogP contribution in [0.2, 0.25) is 0 Å². The van der Waals surface area contributed by atoms with Gasteiger partial charge in [-0.3, -0.25) is 14.4 Å². The van der Waals surface area contributed by atoms with Crippen LogP contribution in [0.1, 0.15) is 46.8 Å². The molecule has 8 heteroatoms. The summed E-state index contributed by atoms with van der Waals surface area (Å²) < 4.78 is 0. The van der Waals surface area contributed by atoms with E-state index in [1.165, 1.54) is 0 Å². The monoisotopic (exact) mass is 501 g/mol. The van der Waals surface area contributed by atoms with E-state index >= 15 is 0 Å². The summed E-state index contributed by atoms with van der Waals surface area (Å²) in [5.41, 5.74) is 4.82.